The summed E-state index contributed by atoms with van der Waals surface area (Å²) in [5.74, 6) is 0. The topological polar surface area (TPSA) is 15.8 Å². The number of aromatic amines is 1. The van der Waals surface area contributed by atoms with Crippen LogP contribution in [0, 0.1) is 0 Å². The first-order valence-electron chi connectivity index (χ1n) is 4.82. The van der Waals surface area contributed by atoms with Crippen LogP contribution in [0.1, 0.15) is 6.92 Å². The van der Waals surface area contributed by atoms with Crippen LogP contribution in [0.3, 0.4) is 0 Å². The van der Waals surface area contributed by atoms with Gasteiger partial charge in [-0.1, -0.05) is 42.5 Å². The number of nitrogens with one attached hydrogen (secondary N) is 1. The number of rotatable bonds is 1. The first-order valence-corrected chi connectivity index (χ1v) is 5.20. The monoisotopic (exact) mass is 217 g/mol. The van der Waals surface area contributed by atoms with Crippen LogP contribution in [0.5, 0.6) is 0 Å². The van der Waals surface area contributed by atoms with Gasteiger partial charge in [-0.25, -0.2) is 0 Å². The van der Waals surface area contributed by atoms with Crippen molar-refractivity contribution in [3.63, 3.8) is 0 Å². The Bertz CT molecular complexity index is 620. The van der Waals surface area contributed by atoms with Crippen LogP contribution >= 0.6 is 11.6 Å². The molecule has 0 fully saturated rings. The lowest BCUT2D eigenvalue weighted by Crippen LogP contribution is -2.21. The molecule has 2 heteroatoms. The van der Waals surface area contributed by atoms with Gasteiger partial charge in [-0.2, -0.15) is 0 Å². The van der Waals surface area contributed by atoms with Crippen LogP contribution in [0.2, 0.25) is 5.02 Å². The Balaban J connectivity index is 3.00. The van der Waals surface area contributed by atoms with Gasteiger partial charge >= 0.3 is 0 Å². The maximum absolute atomic E-state index is 5.94. The maximum Gasteiger partial charge on any atom is 0.0479 e. The minimum Gasteiger partial charge on any atom is -0.355 e. The summed E-state index contributed by atoms with van der Waals surface area (Å²) in [4.78, 5) is 3.32. The van der Waals surface area contributed by atoms with Crippen LogP contribution in [0.25, 0.3) is 23.1 Å². The molecule has 0 radical (unpaired) electrons. The summed E-state index contributed by atoms with van der Waals surface area (Å²) < 4.78 is 0. The van der Waals surface area contributed by atoms with E-state index >= 15 is 0 Å². The van der Waals surface area contributed by atoms with E-state index < -0.39 is 0 Å². The van der Waals surface area contributed by atoms with E-state index in [-0.39, 0.29) is 0 Å². The van der Waals surface area contributed by atoms with Gasteiger partial charge in [0.15, 0.2) is 0 Å². The number of aromatic nitrogens is 1. The van der Waals surface area contributed by atoms with Crippen LogP contribution in [0.15, 0.2) is 30.9 Å². The molecule has 0 saturated carbocycles. The van der Waals surface area contributed by atoms with Crippen molar-refractivity contribution in [2.75, 3.05) is 0 Å². The van der Waals surface area contributed by atoms with Crippen molar-refractivity contribution in [1.82, 2.24) is 4.98 Å². The highest BCUT2D eigenvalue weighted by atomic mass is 35.5. The highest BCUT2D eigenvalue weighted by Gasteiger charge is 1.99. The van der Waals surface area contributed by atoms with E-state index in [1.54, 1.807) is 6.08 Å². The number of benzene rings is 1. The predicted molar refractivity (Wildman–Crippen MR) is 67.4 cm³/mol. The number of halogens is 1. The van der Waals surface area contributed by atoms with Gasteiger partial charge in [0.25, 0.3) is 0 Å². The minimum absolute atomic E-state index is 0.747. The van der Waals surface area contributed by atoms with E-state index in [1.165, 1.54) is 10.6 Å². The molecule has 0 bridgehead atoms. The molecule has 1 aromatic heterocycles. The molecule has 76 valence electrons. The average Bonchev–Trinajstić information content (AvgIpc) is 2.56. The normalized spacial score (nSPS) is 13.7. The second kappa shape index (κ2) is 3.95. The molecule has 15 heavy (non-hydrogen) atoms. The molecule has 2 aromatic rings. The molecule has 0 saturated heterocycles. The molecule has 0 amide bonds. The molecule has 0 aliphatic heterocycles. The Hall–Kier alpha value is -1.47. The Morgan fingerprint density at radius 3 is 2.87 bits per heavy atom. The number of hydrogen-bond donors (Lipinski definition) is 1. The van der Waals surface area contributed by atoms with E-state index in [0.29, 0.717) is 0 Å². The zero-order valence-corrected chi connectivity index (χ0v) is 9.31. The minimum atomic E-state index is 0.747. The van der Waals surface area contributed by atoms with Crippen molar-refractivity contribution in [3.05, 3.63) is 46.4 Å². The molecule has 0 aliphatic rings. The Morgan fingerprint density at radius 1 is 1.40 bits per heavy atom. The SMILES string of the molecule is C=C/C=c1\c(=C/C)[nH]c2cc(Cl)ccc12. The van der Waals surface area contributed by atoms with Gasteiger partial charge in [-0.15, -0.1) is 0 Å². The highest BCUT2D eigenvalue weighted by Crippen LogP contribution is 2.13. The van der Waals surface area contributed by atoms with Crippen LogP contribution in [0.4, 0.5) is 0 Å². The fourth-order valence-corrected chi connectivity index (χ4v) is 1.91. The number of H-pyrrole nitrogens is 1. The zero-order valence-electron chi connectivity index (χ0n) is 8.55. The van der Waals surface area contributed by atoms with Gasteiger partial charge in [-0.05, 0) is 19.1 Å². The summed E-state index contributed by atoms with van der Waals surface area (Å²) in [5.41, 5.74) is 1.06. The van der Waals surface area contributed by atoms with E-state index in [4.69, 9.17) is 11.6 Å². The lowest BCUT2D eigenvalue weighted by atomic mass is 10.2. The second-order valence-electron chi connectivity index (χ2n) is 3.33. The van der Waals surface area contributed by atoms with Crippen molar-refractivity contribution in [2.45, 2.75) is 6.92 Å². The third-order valence-corrected chi connectivity index (χ3v) is 2.64. The van der Waals surface area contributed by atoms with Gasteiger partial charge in [0.05, 0.1) is 0 Å². The third-order valence-electron chi connectivity index (χ3n) is 2.40. The van der Waals surface area contributed by atoms with Crippen LogP contribution < -0.4 is 10.6 Å². The smallest absolute Gasteiger partial charge is 0.0479 e. The third kappa shape index (κ3) is 1.71. The first-order chi connectivity index (χ1) is 7.26. The molecule has 1 nitrogen and oxygen atoms in total. The van der Waals surface area contributed by atoms with Crippen molar-refractivity contribution < 1.29 is 0 Å². The Labute approximate surface area is 93.4 Å². The number of hydrogen-bond acceptors (Lipinski definition) is 0. The zero-order chi connectivity index (χ0) is 10.8. The number of fused-ring (bicyclic) bond motifs is 1. The average molecular weight is 218 g/mol. The molecule has 2 rings (SSSR count). The first kappa shape index (κ1) is 10.1. The molecule has 1 N–H and O–H groups in total. The summed E-state index contributed by atoms with van der Waals surface area (Å²) in [5, 5.41) is 4.19. The fraction of sp³-hybridized carbons (Fsp3) is 0.0769. The molecular formula is C13H12ClN. The van der Waals surface area contributed by atoms with E-state index in [0.717, 1.165) is 15.9 Å². The van der Waals surface area contributed by atoms with E-state index in [9.17, 15) is 0 Å². The van der Waals surface area contributed by atoms with Crippen LogP contribution in [-0.2, 0) is 0 Å². The molecular weight excluding hydrogens is 206 g/mol. The van der Waals surface area contributed by atoms with Gasteiger partial charge in [0, 0.05) is 26.5 Å². The largest absolute Gasteiger partial charge is 0.355 e. The highest BCUT2D eigenvalue weighted by molar-refractivity contribution is 6.31. The number of allylic oxidation sites excluding steroid dienone is 1. The van der Waals surface area contributed by atoms with Crippen LogP contribution in [-0.4, -0.2) is 4.98 Å². The standard InChI is InChI=1S/C13H12ClN/c1-3-5-10-11-7-6-9(14)8-13(11)15-12(10)4-2/h3-8,15H,1H2,2H3/b10-5-,12-4+. The van der Waals surface area contributed by atoms with Crippen molar-refractivity contribution >= 4 is 34.7 Å². The lowest BCUT2D eigenvalue weighted by molar-refractivity contribution is 1.35. The summed E-state index contributed by atoms with van der Waals surface area (Å²) in [7, 11) is 0. The predicted octanol–water partition coefficient (Wildman–Crippen LogP) is 2.59. The van der Waals surface area contributed by atoms with E-state index in [1.807, 2.05) is 37.3 Å². The van der Waals surface area contributed by atoms with Gasteiger partial charge < -0.3 is 4.98 Å². The van der Waals surface area contributed by atoms with Crippen molar-refractivity contribution in [1.29, 1.82) is 0 Å². The molecule has 0 aliphatic carbocycles. The Kier molecular flexibility index (Phi) is 2.65. The van der Waals surface area contributed by atoms with Gasteiger partial charge in [0.2, 0.25) is 0 Å². The van der Waals surface area contributed by atoms with E-state index in [2.05, 4.69) is 11.6 Å². The van der Waals surface area contributed by atoms with Crippen molar-refractivity contribution in [2.24, 2.45) is 0 Å². The summed E-state index contributed by atoms with van der Waals surface area (Å²) in [6, 6.07) is 5.86. The summed E-state index contributed by atoms with van der Waals surface area (Å²) in [6.07, 6.45) is 5.84. The molecule has 0 spiro atoms. The van der Waals surface area contributed by atoms with Gasteiger partial charge in [-0.3, -0.25) is 0 Å². The van der Waals surface area contributed by atoms with Crippen molar-refractivity contribution in [3.8, 4) is 0 Å². The molecule has 1 heterocycles. The van der Waals surface area contributed by atoms with Gasteiger partial charge in [0.1, 0.15) is 0 Å². The summed E-state index contributed by atoms with van der Waals surface area (Å²) >= 11 is 5.94. The fourth-order valence-electron chi connectivity index (χ4n) is 1.74. The quantitative estimate of drug-likeness (QED) is 0.756. The molecule has 0 unspecified atom stereocenters. The maximum atomic E-state index is 5.94. The lowest BCUT2D eigenvalue weighted by Gasteiger charge is -1.89. The molecule has 1 aromatic carbocycles. The Morgan fingerprint density at radius 2 is 2.20 bits per heavy atom. The molecule has 0 atom stereocenters. The second-order valence-corrected chi connectivity index (χ2v) is 3.77. The summed E-state index contributed by atoms with van der Waals surface area (Å²) in [6.45, 7) is 5.73.